The first-order valence-electron chi connectivity index (χ1n) is 8.86. The summed E-state index contributed by atoms with van der Waals surface area (Å²) in [6.07, 6.45) is 2.86. The molecule has 1 fully saturated rings. The van der Waals surface area contributed by atoms with E-state index in [1.165, 1.54) is 11.1 Å². The van der Waals surface area contributed by atoms with E-state index in [0.717, 1.165) is 19.4 Å². The molecule has 0 bridgehead atoms. The van der Waals surface area contributed by atoms with Gasteiger partial charge in [-0.3, -0.25) is 9.59 Å². The number of nitrogens with one attached hydrogen (secondary N) is 1. The van der Waals surface area contributed by atoms with Crippen molar-refractivity contribution in [1.82, 2.24) is 10.2 Å². The summed E-state index contributed by atoms with van der Waals surface area (Å²) in [5, 5.41) is 2.96. The number of carbonyl (C=O) groups excluding carboxylic acids is 2. The van der Waals surface area contributed by atoms with Gasteiger partial charge in [0.05, 0.1) is 0 Å². The minimum atomic E-state index is 0.0864. The summed E-state index contributed by atoms with van der Waals surface area (Å²) in [4.78, 5) is 25.1. The normalized spacial score (nSPS) is 18.1. The van der Waals surface area contributed by atoms with Gasteiger partial charge < -0.3 is 10.2 Å². The Labute approximate surface area is 145 Å². The molecular weight excluding hydrogens is 300 g/mol. The van der Waals surface area contributed by atoms with Crippen molar-refractivity contribution in [3.8, 4) is 0 Å². The number of likely N-dealkylation sites (tertiary alicyclic amines) is 1. The van der Waals surface area contributed by atoms with Crippen LogP contribution in [0.25, 0.3) is 0 Å². The molecule has 1 aromatic carbocycles. The lowest BCUT2D eigenvalue weighted by atomic mass is 9.86. The monoisotopic (exact) mass is 330 g/mol. The standard InChI is InChI=1S/C20H30N2O2/c1-20(2,3)17-10-8-15(9-11-17)6-5-7-18(23)21-13-16-12-19(24)22(4)14-16/h8-11,16H,5-7,12-14H2,1-4H3,(H,21,23)/t16-/m0/s1. The average molecular weight is 330 g/mol. The summed E-state index contributed by atoms with van der Waals surface area (Å²) in [5.41, 5.74) is 2.78. The third-order valence-corrected chi connectivity index (χ3v) is 4.70. The highest BCUT2D eigenvalue weighted by molar-refractivity contribution is 5.79. The van der Waals surface area contributed by atoms with Crippen molar-refractivity contribution in [2.75, 3.05) is 20.1 Å². The second-order valence-corrected chi connectivity index (χ2v) is 7.95. The third kappa shape index (κ3) is 5.36. The van der Waals surface area contributed by atoms with Gasteiger partial charge in [0.25, 0.3) is 0 Å². The Bertz CT molecular complexity index is 572. The van der Waals surface area contributed by atoms with Gasteiger partial charge in [0.2, 0.25) is 11.8 Å². The van der Waals surface area contributed by atoms with Gasteiger partial charge in [0, 0.05) is 38.9 Å². The molecule has 0 unspecified atom stereocenters. The van der Waals surface area contributed by atoms with Gasteiger partial charge in [0.15, 0.2) is 0 Å². The van der Waals surface area contributed by atoms with Crippen LogP contribution in [0.4, 0.5) is 0 Å². The fourth-order valence-corrected chi connectivity index (χ4v) is 3.06. The first kappa shape index (κ1) is 18.5. The van der Waals surface area contributed by atoms with Crippen molar-refractivity contribution in [2.45, 2.75) is 51.9 Å². The highest BCUT2D eigenvalue weighted by Gasteiger charge is 2.26. The molecule has 0 aromatic heterocycles. The maximum atomic E-state index is 11.9. The van der Waals surface area contributed by atoms with Crippen LogP contribution < -0.4 is 5.32 Å². The molecule has 1 saturated heterocycles. The number of rotatable bonds is 6. The molecule has 0 spiro atoms. The van der Waals surface area contributed by atoms with Crippen molar-refractivity contribution in [3.05, 3.63) is 35.4 Å². The Kier molecular flexibility index (Phi) is 6.03. The van der Waals surface area contributed by atoms with E-state index >= 15 is 0 Å². The number of aryl methyl sites for hydroxylation is 1. The summed E-state index contributed by atoms with van der Waals surface area (Å²) in [6.45, 7) is 7.99. The van der Waals surface area contributed by atoms with Crippen molar-refractivity contribution in [1.29, 1.82) is 0 Å². The zero-order valence-corrected chi connectivity index (χ0v) is 15.4. The maximum absolute atomic E-state index is 11.9. The van der Waals surface area contributed by atoms with Gasteiger partial charge in [-0.1, -0.05) is 45.0 Å². The molecule has 1 aromatic rings. The van der Waals surface area contributed by atoms with Gasteiger partial charge in [-0.05, 0) is 29.4 Å². The number of benzene rings is 1. The van der Waals surface area contributed by atoms with Crippen molar-refractivity contribution in [3.63, 3.8) is 0 Å². The predicted octanol–water partition coefficient (Wildman–Crippen LogP) is 2.90. The highest BCUT2D eigenvalue weighted by atomic mass is 16.2. The predicted molar refractivity (Wildman–Crippen MR) is 96.8 cm³/mol. The van der Waals surface area contributed by atoms with Gasteiger partial charge in [-0.15, -0.1) is 0 Å². The second-order valence-electron chi connectivity index (χ2n) is 7.95. The summed E-state index contributed by atoms with van der Waals surface area (Å²) in [6, 6.07) is 8.70. The van der Waals surface area contributed by atoms with Gasteiger partial charge in [-0.2, -0.15) is 0 Å². The molecule has 0 aliphatic carbocycles. The topological polar surface area (TPSA) is 49.4 Å². The largest absolute Gasteiger partial charge is 0.356 e. The summed E-state index contributed by atoms with van der Waals surface area (Å²) in [5.74, 6) is 0.521. The molecule has 2 rings (SSSR count). The van der Waals surface area contributed by atoms with Crippen LogP contribution in [0.5, 0.6) is 0 Å². The molecule has 132 valence electrons. The minimum absolute atomic E-state index is 0.0864. The lowest BCUT2D eigenvalue weighted by Gasteiger charge is -2.19. The molecule has 24 heavy (non-hydrogen) atoms. The molecule has 1 N–H and O–H groups in total. The summed E-state index contributed by atoms with van der Waals surface area (Å²) < 4.78 is 0. The van der Waals surface area contributed by atoms with E-state index < -0.39 is 0 Å². The second kappa shape index (κ2) is 7.82. The zero-order valence-electron chi connectivity index (χ0n) is 15.4. The number of nitrogens with zero attached hydrogens (tertiary/aromatic N) is 1. The molecule has 1 atom stereocenters. The first-order valence-corrected chi connectivity index (χ1v) is 8.86. The van der Waals surface area contributed by atoms with Gasteiger partial charge >= 0.3 is 0 Å². The Morgan fingerprint density at radius 3 is 2.46 bits per heavy atom. The smallest absolute Gasteiger partial charge is 0.222 e. The van der Waals surface area contributed by atoms with E-state index in [1.807, 2.05) is 7.05 Å². The highest BCUT2D eigenvalue weighted by Crippen LogP contribution is 2.22. The maximum Gasteiger partial charge on any atom is 0.222 e. The summed E-state index contributed by atoms with van der Waals surface area (Å²) >= 11 is 0. The van der Waals surface area contributed by atoms with E-state index in [1.54, 1.807) is 4.90 Å². The molecule has 1 heterocycles. The fraction of sp³-hybridized carbons (Fsp3) is 0.600. The number of hydrogen-bond donors (Lipinski definition) is 1. The van der Waals surface area contributed by atoms with Crippen molar-refractivity contribution in [2.24, 2.45) is 5.92 Å². The number of hydrogen-bond acceptors (Lipinski definition) is 2. The molecule has 0 saturated carbocycles. The quantitative estimate of drug-likeness (QED) is 0.872. The van der Waals surface area contributed by atoms with Crippen LogP contribution in [-0.2, 0) is 21.4 Å². The van der Waals surface area contributed by atoms with Gasteiger partial charge in [0.1, 0.15) is 0 Å². The van der Waals surface area contributed by atoms with E-state index in [2.05, 4.69) is 50.4 Å². The zero-order chi connectivity index (χ0) is 17.7. The van der Waals surface area contributed by atoms with Crippen molar-refractivity contribution < 1.29 is 9.59 Å². The Hall–Kier alpha value is -1.84. The molecule has 1 aliphatic rings. The lowest BCUT2D eigenvalue weighted by Crippen LogP contribution is -2.30. The van der Waals surface area contributed by atoms with Crippen LogP contribution in [0.15, 0.2) is 24.3 Å². The van der Waals surface area contributed by atoms with Crippen molar-refractivity contribution >= 4 is 11.8 Å². The van der Waals surface area contributed by atoms with E-state index in [0.29, 0.717) is 19.4 Å². The van der Waals surface area contributed by atoms with E-state index in [9.17, 15) is 9.59 Å². The number of amides is 2. The van der Waals surface area contributed by atoms with Crippen LogP contribution in [0.3, 0.4) is 0 Å². The Morgan fingerprint density at radius 2 is 1.92 bits per heavy atom. The minimum Gasteiger partial charge on any atom is -0.356 e. The Morgan fingerprint density at radius 1 is 1.25 bits per heavy atom. The van der Waals surface area contributed by atoms with Crippen LogP contribution in [0, 0.1) is 5.92 Å². The average Bonchev–Trinajstić information content (AvgIpc) is 2.83. The number of carbonyl (C=O) groups is 2. The van der Waals surface area contributed by atoms with Crippen LogP contribution >= 0.6 is 0 Å². The molecule has 1 aliphatic heterocycles. The van der Waals surface area contributed by atoms with Crippen LogP contribution in [-0.4, -0.2) is 36.9 Å². The Balaban J connectivity index is 1.66. The molecular formula is C20H30N2O2. The van der Waals surface area contributed by atoms with Crippen LogP contribution in [0.1, 0.15) is 51.2 Å². The van der Waals surface area contributed by atoms with E-state index in [4.69, 9.17) is 0 Å². The first-order chi connectivity index (χ1) is 11.3. The summed E-state index contributed by atoms with van der Waals surface area (Å²) in [7, 11) is 1.81. The van der Waals surface area contributed by atoms with Crippen LogP contribution in [0.2, 0.25) is 0 Å². The molecule has 4 nitrogen and oxygen atoms in total. The van der Waals surface area contributed by atoms with Gasteiger partial charge in [-0.25, -0.2) is 0 Å². The van der Waals surface area contributed by atoms with E-state index in [-0.39, 0.29) is 23.1 Å². The molecule has 4 heteroatoms. The third-order valence-electron chi connectivity index (χ3n) is 4.70. The fourth-order valence-electron chi connectivity index (χ4n) is 3.06. The molecule has 0 radical (unpaired) electrons. The lowest BCUT2D eigenvalue weighted by molar-refractivity contribution is -0.126. The SMILES string of the molecule is CN1C[C@H](CNC(=O)CCCc2ccc(C(C)(C)C)cc2)CC1=O. The molecule has 2 amide bonds.